The molecule has 1 amide bonds. The van der Waals surface area contributed by atoms with E-state index >= 15 is 0 Å². The van der Waals surface area contributed by atoms with Crippen LogP contribution in [0.3, 0.4) is 0 Å². The largest absolute Gasteiger partial charge is 0.491 e. The molecule has 2 heterocycles. The van der Waals surface area contributed by atoms with Gasteiger partial charge in [-0.2, -0.15) is 0 Å². The highest BCUT2D eigenvalue weighted by Crippen LogP contribution is 2.31. The summed E-state index contributed by atoms with van der Waals surface area (Å²) in [5.41, 5.74) is 6.51. The van der Waals surface area contributed by atoms with Crippen molar-refractivity contribution in [2.45, 2.75) is 20.0 Å². The van der Waals surface area contributed by atoms with E-state index in [1.54, 1.807) is 29.2 Å². The minimum absolute atomic E-state index is 0.0470. The standard InChI is InChI=1S/C19H25N5O4/c1-13(2)27-14-4-5-15(20)16(10-14)28-18-11-17(21-12-22-18)23-6-8-24(9-7-23)19(25)26-3/h4-5,10-13H,6-9,20H2,1-3H3. The van der Waals surface area contributed by atoms with E-state index in [1.807, 2.05) is 13.8 Å². The molecule has 9 nitrogen and oxygen atoms in total. The lowest BCUT2D eigenvalue weighted by Crippen LogP contribution is -2.49. The van der Waals surface area contributed by atoms with Crippen LogP contribution in [0.4, 0.5) is 16.3 Å². The van der Waals surface area contributed by atoms with Crippen LogP contribution in [0.1, 0.15) is 13.8 Å². The summed E-state index contributed by atoms with van der Waals surface area (Å²) in [6.45, 7) is 6.32. The minimum Gasteiger partial charge on any atom is -0.491 e. The van der Waals surface area contributed by atoms with Crippen molar-refractivity contribution >= 4 is 17.6 Å². The Bertz CT molecular complexity index is 822. The van der Waals surface area contributed by atoms with Crippen molar-refractivity contribution in [2.24, 2.45) is 0 Å². The van der Waals surface area contributed by atoms with Gasteiger partial charge in [-0.3, -0.25) is 0 Å². The molecule has 0 radical (unpaired) electrons. The van der Waals surface area contributed by atoms with E-state index in [4.69, 9.17) is 19.9 Å². The second-order valence-corrected chi connectivity index (χ2v) is 6.63. The highest BCUT2D eigenvalue weighted by molar-refractivity contribution is 5.67. The van der Waals surface area contributed by atoms with Gasteiger partial charge in [-0.1, -0.05) is 0 Å². The van der Waals surface area contributed by atoms with Crippen LogP contribution in [0, 0.1) is 0 Å². The third-order valence-corrected chi connectivity index (χ3v) is 4.24. The van der Waals surface area contributed by atoms with Crippen LogP contribution in [-0.4, -0.2) is 60.4 Å². The maximum Gasteiger partial charge on any atom is 0.409 e. The number of benzene rings is 1. The predicted molar refractivity (Wildman–Crippen MR) is 105 cm³/mol. The number of carbonyl (C=O) groups is 1. The van der Waals surface area contributed by atoms with Gasteiger partial charge in [0.2, 0.25) is 5.88 Å². The molecule has 1 saturated heterocycles. The summed E-state index contributed by atoms with van der Waals surface area (Å²) >= 11 is 0. The summed E-state index contributed by atoms with van der Waals surface area (Å²) in [4.78, 5) is 23.8. The SMILES string of the molecule is COC(=O)N1CCN(c2cc(Oc3cc(OC(C)C)ccc3N)ncn2)CC1. The second kappa shape index (κ2) is 8.64. The maximum atomic E-state index is 11.6. The maximum absolute atomic E-state index is 11.6. The van der Waals surface area contributed by atoms with Gasteiger partial charge in [0.05, 0.1) is 18.9 Å². The summed E-state index contributed by atoms with van der Waals surface area (Å²) < 4.78 is 16.3. The van der Waals surface area contributed by atoms with Crippen molar-refractivity contribution in [1.29, 1.82) is 0 Å². The first-order valence-corrected chi connectivity index (χ1v) is 9.10. The Morgan fingerprint density at radius 1 is 1.14 bits per heavy atom. The van der Waals surface area contributed by atoms with Crippen molar-refractivity contribution in [3.8, 4) is 17.4 Å². The molecule has 2 N–H and O–H groups in total. The van der Waals surface area contributed by atoms with Gasteiger partial charge in [-0.25, -0.2) is 14.8 Å². The predicted octanol–water partition coefficient (Wildman–Crippen LogP) is 2.53. The quantitative estimate of drug-likeness (QED) is 0.781. The number of anilines is 2. The summed E-state index contributed by atoms with van der Waals surface area (Å²) in [5, 5.41) is 0. The number of nitrogens with zero attached hydrogens (tertiary/aromatic N) is 4. The number of hydrogen-bond acceptors (Lipinski definition) is 8. The lowest BCUT2D eigenvalue weighted by molar-refractivity contribution is 0.121. The van der Waals surface area contributed by atoms with Gasteiger partial charge in [0, 0.05) is 38.3 Å². The molecule has 0 unspecified atom stereocenters. The number of methoxy groups -OCH3 is 1. The first kappa shape index (κ1) is 19.5. The Labute approximate surface area is 164 Å². The number of carbonyl (C=O) groups excluding carboxylic acids is 1. The van der Waals surface area contributed by atoms with E-state index in [0.29, 0.717) is 49.2 Å². The third kappa shape index (κ3) is 4.73. The molecule has 3 rings (SSSR count). The van der Waals surface area contributed by atoms with Gasteiger partial charge >= 0.3 is 6.09 Å². The number of amides is 1. The molecule has 2 aromatic rings. The lowest BCUT2D eigenvalue weighted by atomic mass is 10.3. The Balaban J connectivity index is 1.70. The van der Waals surface area contributed by atoms with Crippen LogP contribution < -0.4 is 20.1 Å². The zero-order chi connectivity index (χ0) is 20.1. The molecule has 0 aliphatic carbocycles. The van der Waals surface area contributed by atoms with Crippen LogP contribution in [0.2, 0.25) is 0 Å². The monoisotopic (exact) mass is 387 g/mol. The molecule has 9 heteroatoms. The van der Waals surface area contributed by atoms with Gasteiger partial charge in [-0.15, -0.1) is 0 Å². The molecule has 28 heavy (non-hydrogen) atoms. The molecule has 0 saturated carbocycles. The number of rotatable bonds is 5. The van der Waals surface area contributed by atoms with E-state index in [0.717, 1.165) is 5.82 Å². The highest BCUT2D eigenvalue weighted by Gasteiger charge is 2.22. The number of nitrogens with two attached hydrogens (primary N) is 1. The Kier molecular flexibility index (Phi) is 6.03. The topological polar surface area (TPSA) is 103 Å². The van der Waals surface area contributed by atoms with Crippen molar-refractivity contribution in [3.63, 3.8) is 0 Å². The molecule has 1 aliphatic rings. The van der Waals surface area contributed by atoms with Gasteiger partial charge in [0.1, 0.15) is 17.9 Å². The number of hydrogen-bond donors (Lipinski definition) is 1. The molecule has 0 bridgehead atoms. The van der Waals surface area contributed by atoms with E-state index in [-0.39, 0.29) is 12.2 Å². The fraction of sp³-hybridized carbons (Fsp3) is 0.421. The smallest absolute Gasteiger partial charge is 0.409 e. The van der Waals surface area contributed by atoms with Crippen LogP contribution in [0.5, 0.6) is 17.4 Å². The molecule has 0 atom stereocenters. The first-order valence-electron chi connectivity index (χ1n) is 9.10. The van der Waals surface area contributed by atoms with E-state index in [9.17, 15) is 4.79 Å². The van der Waals surface area contributed by atoms with Gasteiger partial charge < -0.3 is 29.7 Å². The number of aromatic nitrogens is 2. The average Bonchev–Trinajstić information content (AvgIpc) is 2.70. The molecule has 1 aromatic heterocycles. The minimum atomic E-state index is -0.315. The zero-order valence-electron chi connectivity index (χ0n) is 16.3. The summed E-state index contributed by atoms with van der Waals surface area (Å²) in [7, 11) is 1.38. The normalized spacial score (nSPS) is 14.1. The van der Waals surface area contributed by atoms with Crippen molar-refractivity contribution < 1.29 is 19.0 Å². The van der Waals surface area contributed by atoms with Gasteiger partial charge in [-0.05, 0) is 26.0 Å². The summed E-state index contributed by atoms with van der Waals surface area (Å²) in [6, 6.07) is 7.03. The van der Waals surface area contributed by atoms with Gasteiger partial charge in [0.25, 0.3) is 0 Å². The first-order chi connectivity index (χ1) is 13.5. The highest BCUT2D eigenvalue weighted by atomic mass is 16.5. The average molecular weight is 387 g/mol. The molecular weight excluding hydrogens is 362 g/mol. The van der Waals surface area contributed by atoms with Gasteiger partial charge in [0.15, 0.2) is 5.75 Å². The van der Waals surface area contributed by atoms with E-state index < -0.39 is 0 Å². The fourth-order valence-electron chi connectivity index (χ4n) is 2.87. The number of ether oxygens (including phenoxy) is 3. The molecule has 1 fully saturated rings. The van der Waals surface area contributed by atoms with Crippen molar-refractivity contribution in [3.05, 3.63) is 30.6 Å². The molecule has 150 valence electrons. The Morgan fingerprint density at radius 2 is 1.89 bits per heavy atom. The van der Waals surface area contributed by atoms with E-state index in [1.165, 1.54) is 13.4 Å². The number of nitrogen functional groups attached to an aromatic ring is 1. The van der Waals surface area contributed by atoms with Crippen LogP contribution in [0.25, 0.3) is 0 Å². The molecule has 1 aliphatic heterocycles. The summed E-state index contributed by atoms with van der Waals surface area (Å²) in [5.74, 6) is 2.25. The molecule has 1 aromatic carbocycles. The number of piperazine rings is 1. The van der Waals surface area contributed by atoms with Crippen LogP contribution >= 0.6 is 0 Å². The Morgan fingerprint density at radius 3 is 2.57 bits per heavy atom. The fourth-order valence-corrected chi connectivity index (χ4v) is 2.87. The van der Waals surface area contributed by atoms with Crippen molar-refractivity contribution in [2.75, 3.05) is 43.9 Å². The molecule has 0 spiro atoms. The summed E-state index contributed by atoms with van der Waals surface area (Å²) in [6.07, 6.45) is 1.18. The molecular formula is C19H25N5O4. The van der Waals surface area contributed by atoms with E-state index in [2.05, 4.69) is 14.9 Å². The zero-order valence-corrected chi connectivity index (χ0v) is 16.3. The second-order valence-electron chi connectivity index (χ2n) is 6.63. The lowest BCUT2D eigenvalue weighted by Gasteiger charge is -2.34. The van der Waals surface area contributed by atoms with Crippen molar-refractivity contribution in [1.82, 2.24) is 14.9 Å². The van der Waals surface area contributed by atoms with Crippen LogP contribution in [-0.2, 0) is 4.74 Å². The Hall–Kier alpha value is -3.23. The van der Waals surface area contributed by atoms with Crippen LogP contribution in [0.15, 0.2) is 30.6 Å². The third-order valence-electron chi connectivity index (χ3n) is 4.24.